The number of benzene rings is 1. The number of hydrogen-bond donors (Lipinski definition) is 1. The average Bonchev–Trinajstić information content (AvgIpc) is 3.20. The first-order chi connectivity index (χ1) is 11.7. The van der Waals surface area contributed by atoms with Crippen LogP contribution in [-0.4, -0.2) is 44.9 Å². The van der Waals surface area contributed by atoms with E-state index in [-0.39, 0.29) is 24.4 Å². The van der Waals surface area contributed by atoms with Crippen molar-refractivity contribution in [3.05, 3.63) is 47.3 Å². The molecule has 1 aliphatic carbocycles. The van der Waals surface area contributed by atoms with Crippen LogP contribution in [0.15, 0.2) is 30.3 Å². The Morgan fingerprint density at radius 1 is 1.17 bits per heavy atom. The molecule has 0 unspecified atom stereocenters. The standard InChI is InChI=1S/C18H23N5O/c19-15-11-22(10-14(15)13-6-2-1-3-7-13)18(24)12-23-17-9-5-4-8-16(17)20-21-23/h1-3,6-7,14-15H,4-5,8-12,19H2/t14-,15+/m0/s1. The number of likely N-dealkylation sites (tertiary alicyclic amines) is 1. The summed E-state index contributed by atoms with van der Waals surface area (Å²) in [5, 5.41) is 8.42. The summed E-state index contributed by atoms with van der Waals surface area (Å²) in [5.41, 5.74) is 9.70. The first-order valence-electron chi connectivity index (χ1n) is 8.72. The Bertz CT molecular complexity index is 726. The van der Waals surface area contributed by atoms with Crippen LogP contribution in [0.3, 0.4) is 0 Å². The van der Waals surface area contributed by atoms with Gasteiger partial charge in [0.1, 0.15) is 6.54 Å². The second-order valence-corrected chi connectivity index (χ2v) is 6.83. The quantitative estimate of drug-likeness (QED) is 0.917. The molecule has 1 fully saturated rings. The molecule has 2 heterocycles. The van der Waals surface area contributed by atoms with Crippen molar-refractivity contribution < 1.29 is 4.79 Å². The predicted molar refractivity (Wildman–Crippen MR) is 90.4 cm³/mol. The Labute approximate surface area is 141 Å². The van der Waals surface area contributed by atoms with E-state index < -0.39 is 0 Å². The van der Waals surface area contributed by atoms with E-state index in [9.17, 15) is 4.79 Å². The van der Waals surface area contributed by atoms with E-state index in [0.717, 1.165) is 30.7 Å². The van der Waals surface area contributed by atoms with Gasteiger partial charge >= 0.3 is 0 Å². The van der Waals surface area contributed by atoms with Gasteiger partial charge in [0.05, 0.1) is 11.4 Å². The molecule has 6 nitrogen and oxygen atoms in total. The van der Waals surface area contributed by atoms with Crippen molar-refractivity contribution in [2.24, 2.45) is 5.73 Å². The van der Waals surface area contributed by atoms with Crippen molar-refractivity contribution in [3.63, 3.8) is 0 Å². The maximum absolute atomic E-state index is 12.7. The Morgan fingerprint density at radius 2 is 1.96 bits per heavy atom. The number of carbonyl (C=O) groups is 1. The van der Waals surface area contributed by atoms with Gasteiger partial charge in [0.25, 0.3) is 0 Å². The van der Waals surface area contributed by atoms with E-state index in [2.05, 4.69) is 22.4 Å². The van der Waals surface area contributed by atoms with E-state index in [1.165, 1.54) is 12.0 Å². The zero-order chi connectivity index (χ0) is 16.5. The lowest BCUT2D eigenvalue weighted by Crippen LogP contribution is -2.35. The molecule has 0 bridgehead atoms. The zero-order valence-corrected chi connectivity index (χ0v) is 13.8. The summed E-state index contributed by atoms with van der Waals surface area (Å²) in [6, 6.07) is 10.2. The molecule has 6 heteroatoms. The summed E-state index contributed by atoms with van der Waals surface area (Å²) in [6.07, 6.45) is 4.27. The smallest absolute Gasteiger partial charge is 0.244 e. The summed E-state index contributed by atoms with van der Waals surface area (Å²) in [6.45, 7) is 1.56. The molecule has 24 heavy (non-hydrogen) atoms. The minimum atomic E-state index is -0.0130. The molecule has 0 saturated carbocycles. The third-order valence-electron chi connectivity index (χ3n) is 5.23. The van der Waals surface area contributed by atoms with E-state index in [1.54, 1.807) is 4.68 Å². The molecule has 4 rings (SSSR count). The fourth-order valence-corrected chi connectivity index (χ4v) is 3.86. The first kappa shape index (κ1) is 15.3. The molecule has 1 amide bonds. The summed E-state index contributed by atoms with van der Waals surface area (Å²) in [4.78, 5) is 14.6. The predicted octanol–water partition coefficient (Wildman–Crippen LogP) is 1.11. The maximum atomic E-state index is 12.7. The molecule has 2 N–H and O–H groups in total. The number of hydrogen-bond acceptors (Lipinski definition) is 4. The normalized spacial score (nSPS) is 23.3. The fraction of sp³-hybridized carbons (Fsp3) is 0.500. The van der Waals surface area contributed by atoms with Gasteiger partial charge in [-0.25, -0.2) is 4.68 Å². The highest BCUT2D eigenvalue weighted by molar-refractivity contribution is 5.76. The molecular weight excluding hydrogens is 302 g/mol. The number of aryl methyl sites for hydroxylation is 1. The molecule has 2 aliphatic rings. The summed E-state index contributed by atoms with van der Waals surface area (Å²) in [7, 11) is 0. The van der Waals surface area contributed by atoms with E-state index >= 15 is 0 Å². The molecule has 1 aliphatic heterocycles. The lowest BCUT2D eigenvalue weighted by atomic mass is 9.95. The SMILES string of the molecule is N[C@@H]1CN(C(=O)Cn2nnc3c2CCCC3)C[C@H]1c1ccccc1. The van der Waals surface area contributed by atoms with Gasteiger partial charge in [-0.15, -0.1) is 5.10 Å². The Kier molecular flexibility index (Phi) is 4.06. The van der Waals surface area contributed by atoms with Crippen molar-refractivity contribution in [3.8, 4) is 0 Å². The number of nitrogens with zero attached hydrogens (tertiary/aromatic N) is 4. The number of fused-ring (bicyclic) bond motifs is 1. The van der Waals surface area contributed by atoms with Gasteiger partial charge in [-0.2, -0.15) is 0 Å². The Morgan fingerprint density at radius 3 is 2.79 bits per heavy atom. The largest absolute Gasteiger partial charge is 0.339 e. The van der Waals surface area contributed by atoms with E-state index in [1.807, 2.05) is 23.1 Å². The first-order valence-corrected chi connectivity index (χ1v) is 8.72. The molecule has 0 spiro atoms. The summed E-state index contributed by atoms with van der Waals surface area (Å²) < 4.78 is 1.79. The maximum Gasteiger partial charge on any atom is 0.244 e. The van der Waals surface area contributed by atoms with Crippen LogP contribution in [0, 0.1) is 0 Å². The van der Waals surface area contributed by atoms with Gasteiger partial charge < -0.3 is 10.6 Å². The van der Waals surface area contributed by atoms with Crippen LogP contribution in [0.5, 0.6) is 0 Å². The molecule has 2 aromatic rings. The van der Waals surface area contributed by atoms with Crippen LogP contribution in [0.1, 0.15) is 35.7 Å². The molecule has 1 saturated heterocycles. The summed E-state index contributed by atoms with van der Waals surface area (Å²) >= 11 is 0. The third-order valence-corrected chi connectivity index (χ3v) is 5.23. The number of nitrogens with two attached hydrogens (primary N) is 1. The van der Waals surface area contributed by atoms with Crippen LogP contribution in [0.2, 0.25) is 0 Å². The highest BCUT2D eigenvalue weighted by Crippen LogP contribution is 2.26. The van der Waals surface area contributed by atoms with Crippen molar-refractivity contribution in [2.45, 2.75) is 44.2 Å². The molecule has 0 radical (unpaired) electrons. The van der Waals surface area contributed by atoms with Gasteiger partial charge in [0, 0.05) is 25.0 Å². The topological polar surface area (TPSA) is 77.0 Å². The van der Waals surface area contributed by atoms with Crippen LogP contribution >= 0.6 is 0 Å². The monoisotopic (exact) mass is 325 g/mol. The Balaban J connectivity index is 1.45. The Hall–Kier alpha value is -2.21. The van der Waals surface area contributed by atoms with Gasteiger partial charge in [-0.3, -0.25) is 4.79 Å². The highest BCUT2D eigenvalue weighted by atomic mass is 16.2. The lowest BCUT2D eigenvalue weighted by molar-refractivity contribution is -0.131. The minimum absolute atomic E-state index is 0.0130. The lowest BCUT2D eigenvalue weighted by Gasteiger charge is -2.18. The van der Waals surface area contributed by atoms with Crippen molar-refractivity contribution >= 4 is 5.91 Å². The highest BCUT2D eigenvalue weighted by Gasteiger charge is 2.34. The molecule has 1 aromatic carbocycles. The molecule has 2 atom stereocenters. The van der Waals surface area contributed by atoms with Crippen molar-refractivity contribution in [2.75, 3.05) is 13.1 Å². The van der Waals surface area contributed by atoms with Gasteiger partial charge in [0.15, 0.2) is 0 Å². The molecule has 126 valence electrons. The van der Waals surface area contributed by atoms with E-state index in [4.69, 9.17) is 5.73 Å². The number of amides is 1. The van der Waals surface area contributed by atoms with Gasteiger partial charge in [0.2, 0.25) is 5.91 Å². The van der Waals surface area contributed by atoms with Crippen molar-refractivity contribution in [1.29, 1.82) is 0 Å². The van der Waals surface area contributed by atoms with Crippen LogP contribution in [0.25, 0.3) is 0 Å². The number of carbonyl (C=O) groups excluding carboxylic acids is 1. The zero-order valence-electron chi connectivity index (χ0n) is 13.8. The fourth-order valence-electron chi connectivity index (χ4n) is 3.86. The minimum Gasteiger partial charge on any atom is -0.339 e. The second kappa shape index (κ2) is 6.36. The third kappa shape index (κ3) is 2.82. The number of rotatable bonds is 3. The van der Waals surface area contributed by atoms with Gasteiger partial charge in [-0.05, 0) is 31.2 Å². The van der Waals surface area contributed by atoms with Gasteiger partial charge in [-0.1, -0.05) is 35.5 Å². The average molecular weight is 325 g/mol. The molecule has 1 aromatic heterocycles. The van der Waals surface area contributed by atoms with E-state index in [0.29, 0.717) is 13.1 Å². The van der Waals surface area contributed by atoms with Crippen LogP contribution < -0.4 is 5.73 Å². The molecular formula is C18H23N5O. The van der Waals surface area contributed by atoms with Crippen LogP contribution in [-0.2, 0) is 24.2 Å². The van der Waals surface area contributed by atoms with Crippen molar-refractivity contribution in [1.82, 2.24) is 19.9 Å². The number of aromatic nitrogens is 3. The second-order valence-electron chi connectivity index (χ2n) is 6.83. The summed E-state index contributed by atoms with van der Waals surface area (Å²) in [5.74, 6) is 0.293. The van der Waals surface area contributed by atoms with Crippen LogP contribution in [0.4, 0.5) is 0 Å².